The van der Waals surface area contributed by atoms with E-state index in [4.69, 9.17) is 9.47 Å². The largest absolute Gasteiger partial charge is 0.494 e. The van der Waals surface area contributed by atoms with Crippen molar-refractivity contribution in [3.05, 3.63) is 77.8 Å². The van der Waals surface area contributed by atoms with E-state index in [2.05, 4.69) is 10.3 Å². The van der Waals surface area contributed by atoms with Crippen LogP contribution in [0.15, 0.2) is 72.8 Å². The zero-order chi connectivity index (χ0) is 20.8. The van der Waals surface area contributed by atoms with Gasteiger partial charge >= 0.3 is 0 Å². The molecule has 4 aromatic rings. The van der Waals surface area contributed by atoms with Crippen LogP contribution in [-0.2, 0) is 11.2 Å². The molecule has 4 rings (SSSR count). The van der Waals surface area contributed by atoms with Gasteiger partial charge in [0.1, 0.15) is 17.2 Å². The monoisotopic (exact) mass is 418 g/mol. The van der Waals surface area contributed by atoms with Gasteiger partial charge in [-0.05, 0) is 67.6 Å². The van der Waals surface area contributed by atoms with Gasteiger partial charge in [0, 0.05) is 18.5 Å². The van der Waals surface area contributed by atoms with Crippen LogP contribution in [0.1, 0.15) is 18.4 Å². The average molecular weight is 419 g/mol. The summed E-state index contributed by atoms with van der Waals surface area (Å²) in [7, 11) is 0. The maximum absolute atomic E-state index is 12.3. The van der Waals surface area contributed by atoms with Gasteiger partial charge in [-0.3, -0.25) is 4.79 Å². The Morgan fingerprint density at radius 2 is 1.60 bits per heavy atom. The number of benzene rings is 3. The van der Waals surface area contributed by atoms with Gasteiger partial charge in [-0.2, -0.15) is 0 Å². The summed E-state index contributed by atoms with van der Waals surface area (Å²) in [4.78, 5) is 16.9. The van der Waals surface area contributed by atoms with E-state index in [0.29, 0.717) is 25.2 Å². The first-order valence-corrected chi connectivity index (χ1v) is 10.7. The predicted molar refractivity (Wildman–Crippen MR) is 121 cm³/mol. The molecule has 0 aliphatic rings. The van der Waals surface area contributed by atoms with Gasteiger partial charge in [0.2, 0.25) is 5.91 Å². The molecule has 0 aliphatic carbocycles. The highest BCUT2D eigenvalue weighted by molar-refractivity contribution is 7.18. The van der Waals surface area contributed by atoms with E-state index in [0.717, 1.165) is 32.4 Å². The summed E-state index contributed by atoms with van der Waals surface area (Å²) in [6.07, 6.45) is 1.02. The van der Waals surface area contributed by atoms with E-state index in [1.807, 2.05) is 79.7 Å². The molecular weight excluding hydrogens is 396 g/mol. The number of carbonyl (C=O) groups is 1. The first-order valence-electron chi connectivity index (χ1n) is 9.84. The van der Waals surface area contributed by atoms with Crippen LogP contribution in [0.5, 0.6) is 17.2 Å². The second kappa shape index (κ2) is 9.41. The molecule has 0 saturated heterocycles. The first-order chi connectivity index (χ1) is 14.7. The summed E-state index contributed by atoms with van der Waals surface area (Å²) in [6.45, 7) is 2.58. The molecule has 0 aliphatic heterocycles. The number of rotatable bonds is 8. The van der Waals surface area contributed by atoms with Crippen LogP contribution in [-0.4, -0.2) is 17.5 Å². The number of amides is 1. The van der Waals surface area contributed by atoms with Gasteiger partial charge in [0.25, 0.3) is 0 Å². The molecule has 3 aromatic carbocycles. The lowest BCUT2D eigenvalue weighted by atomic mass is 10.2. The van der Waals surface area contributed by atoms with Gasteiger partial charge < -0.3 is 14.8 Å². The Hall–Kier alpha value is -3.38. The van der Waals surface area contributed by atoms with Crippen molar-refractivity contribution in [2.45, 2.75) is 19.8 Å². The number of nitrogens with zero attached hydrogens (tertiary/aromatic N) is 1. The van der Waals surface area contributed by atoms with Crippen molar-refractivity contribution in [1.29, 1.82) is 0 Å². The van der Waals surface area contributed by atoms with E-state index >= 15 is 0 Å². The molecule has 1 aromatic heterocycles. The van der Waals surface area contributed by atoms with Crippen LogP contribution >= 0.6 is 11.3 Å². The van der Waals surface area contributed by atoms with E-state index in [9.17, 15) is 4.79 Å². The Labute approximate surface area is 179 Å². The number of aromatic nitrogens is 1. The minimum absolute atomic E-state index is 0.0329. The number of fused-ring (bicyclic) bond motifs is 1. The van der Waals surface area contributed by atoms with E-state index < -0.39 is 0 Å². The fourth-order valence-electron chi connectivity index (χ4n) is 2.98. The highest BCUT2D eigenvalue weighted by Gasteiger charge is 2.08. The Morgan fingerprint density at radius 1 is 0.933 bits per heavy atom. The Bertz CT molecular complexity index is 1090. The number of thiazole rings is 1. The van der Waals surface area contributed by atoms with Crippen molar-refractivity contribution in [2.24, 2.45) is 0 Å². The van der Waals surface area contributed by atoms with E-state index in [-0.39, 0.29) is 5.91 Å². The molecule has 0 saturated carbocycles. The van der Waals surface area contributed by atoms with Crippen LogP contribution < -0.4 is 14.8 Å². The van der Waals surface area contributed by atoms with Gasteiger partial charge in [-0.1, -0.05) is 12.1 Å². The molecule has 0 bridgehead atoms. The first kappa shape index (κ1) is 19.9. The highest BCUT2D eigenvalue weighted by Crippen LogP contribution is 2.26. The number of hydrogen-bond acceptors (Lipinski definition) is 5. The molecule has 0 atom stereocenters. The van der Waals surface area contributed by atoms with Gasteiger partial charge in [-0.25, -0.2) is 4.98 Å². The molecule has 152 valence electrons. The van der Waals surface area contributed by atoms with Gasteiger partial charge in [0.05, 0.1) is 21.8 Å². The lowest BCUT2D eigenvalue weighted by molar-refractivity contribution is -0.116. The zero-order valence-electron chi connectivity index (χ0n) is 16.6. The number of nitrogens with one attached hydrogen (secondary N) is 1. The molecule has 1 N–H and O–H groups in total. The summed E-state index contributed by atoms with van der Waals surface area (Å²) in [5.74, 6) is 2.21. The minimum Gasteiger partial charge on any atom is -0.494 e. The van der Waals surface area contributed by atoms with Crippen molar-refractivity contribution in [1.82, 2.24) is 4.98 Å². The van der Waals surface area contributed by atoms with Gasteiger partial charge in [0.15, 0.2) is 0 Å². The Kier molecular flexibility index (Phi) is 6.25. The fraction of sp³-hybridized carbons (Fsp3) is 0.167. The number of anilines is 1. The quantitative estimate of drug-likeness (QED) is 0.378. The van der Waals surface area contributed by atoms with Crippen molar-refractivity contribution in [3.63, 3.8) is 0 Å². The minimum atomic E-state index is -0.0329. The summed E-state index contributed by atoms with van der Waals surface area (Å²) in [5, 5.41) is 3.90. The van der Waals surface area contributed by atoms with Crippen molar-refractivity contribution < 1.29 is 14.3 Å². The third kappa shape index (κ3) is 5.15. The molecule has 5 nitrogen and oxygen atoms in total. The van der Waals surface area contributed by atoms with Crippen LogP contribution in [0.2, 0.25) is 0 Å². The topological polar surface area (TPSA) is 60.5 Å². The van der Waals surface area contributed by atoms with Crippen LogP contribution in [0, 0.1) is 0 Å². The Morgan fingerprint density at radius 3 is 2.30 bits per heavy atom. The summed E-state index contributed by atoms with van der Waals surface area (Å²) < 4.78 is 12.4. The van der Waals surface area contributed by atoms with Crippen molar-refractivity contribution >= 4 is 33.1 Å². The molecule has 1 amide bonds. The molecule has 0 fully saturated rings. The normalized spacial score (nSPS) is 10.7. The average Bonchev–Trinajstić information content (AvgIpc) is 3.18. The number of carbonyl (C=O) groups excluding carboxylic acids is 1. The smallest absolute Gasteiger partial charge is 0.224 e. The van der Waals surface area contributed by atoms with Crippen LogP contribution in [0.4, 0.5) is 5.69 Å². The van der Waals surface area contributed by atoms with E-state index in [1.165, 1.54) is 0 Å². The maximum atomic E-state index is 12.3. The molecule has 0 unspecified atom stereocenters. The standard InChI is InChI=1S/C24H22N2O3S/c1-2-28-18-11-13-20(14-12-18)29-19-9-7-17(8-10-19)25-23(27)15-16-24-26-21-5-3-4-6-22(21)30-24/h3-14H,2,15-16H2,1H3,(H,25,27). The SMILES string of the molecule is CCOc1ccc(Oc2ccc(NC(=O)CCc3nc4ccccc4s3)cc2)cc1. The second-order valence-corrected chi connectivity index (χ2v) is 7.77. The number of aryl methyl sites for hydroxylation is 1. The summed E-state index contributed by atoms with van der Waals surface area (Å²) in [6, 6.07) is 22.8. The highest BCUT2D eigenvalue weighted by atomic mass is 32.1. The van der Waals surface area contributed by atoms with Gasteiger partial charge in [-0.15, -0.1) is 11.3 Å². The summed E-state index contributed by atoms with van der Waals surface area (Å²) in [5.41, 5.74) is 1.73. The molecule has 30 heavy (non-hydrogen) atoms. The molecule has 1 heterocycles. The number of para-hydroxylation sites is 1. The maximum Gasteiger partial charge on any atom is 0.224 e. The zero-order valence-corrected chi connectivity index (χ0v) is 17.4. The predicted octanol–water partition coefficient (Wildman–Crippen LogP) is 6.06. The molecule has 6 heteroatoms. The summed E-state index contributed by atoms with van der Waals surface area (Å²) >= 11 is 1.64. The van der Waals surface area contributed by atoms with Crippen molar-refractivity contribution in [2.75, 3.05) is 11.9 Å². The molecule has 0 spiro atoms. The number of ether oxygens (including phenoxy) is 2. The lowest BCUT2D eigenvalue weighted by Gasteiger charge is -2.09. The van der Waals surface area contributed by atoms with E-state index in [1.54, 1.807) is 11.3 Å². The number of hydrogen-bond donors (Lipinski definition) is 1. The lowest BCUT2D eigenvalue weighted by Crippen LogP contribution is -2.12. The Balaban J connectivity index is 1.28. The van der Waals surface area contributed by atoms with Crippen LogP contribution in [0.25, 0.3) is 10.2 Å². The third-order valence-electron chi connectivity index (χ3n) is 4.41. The molecule has 0 radical (unpaired) electrons. The second-order valence-electron chi connectivity index (χ2n) is 6.65. The fourth-order valence-corrected chi connectivity index (χ4v) is 3.95. The van der Waals surface area contributed by atoms with Crippen molar-refractivity contribution in [3.8, 4) is 17.2 Å². The third-order valence-corrected chi connectivity index (χ3v) is 5.51. The van der Waals surface area contributed by atoms with Crippen LogP contribution in [0.3, 0.4) is 0 Å². The molecular formula is C24H22N2O3S.